The maximum absolute atomic E-state index is 12.9. The topological polar surface area (TPSA) is 109 Å². The molecule has 3 aromatic heterocycles. The van der Waals surface area contributed by atoms with Crippen molar-refractivity contribution in [2.75, 3.05) is 0 Å². The number of aryl methyl sites for hydroxylation is 1. The van der Waals surface area contributed by atoms with Gasteiger partial charge < -0.3 is 14.5 Å². The molecule has 0 saturated carbocycles. The minimum Gasteiger partial charge on any atom is -0.494 e. The van der Waals surface area contributed by atoms with Crippen LogP contribution in [-0.4, -0.2) is 28.5 Å². The molecule has 2 N–H and O–H groups in total. The molecule has 0 amide bonds. The lowest BCUT2D eigenvalue weighted by Crippen LogP contribution is -2.02. The number of hydrogen-bond donors (Lipinski definition) is 2. The number of oxazole rings is 1. The van der Waals surface area contributed by atoms with Crippen molar-refractivity contribution in [1.29, 1.82) is 0 Å². The van der Waals surface area contributed by atoms with Crippen molar-refractivity contribution in [3.8, 4) is 17.3 Å². The molecule has 0 saturated heterocycles. The second-order valence-corrected chi connectivity index (χ2v) is 8.16. The van der Waals surface area contributed by atoms with Gasteiger partial charge in [-0.1, -0.05) is 6.08 Å². The number of nitrogens with zero attached hydrogens (tertiary/aromatic N) is 2. The molecule has 0 aliphatic carbocycles. The van der Waals surface area contributed by atoms with E-state index in [9.17, 15) is 13.5 Å². The summed E-state index contributed by atoms with van der Waals surface area (Å²) in [5.41, 5.74) is 1.53. The molecule has 0 aliphatic rings. The maximum atomic E-state index is 12.9. The molecule has 0 unspecified atom stereocenters. The molecule has 4 aromatic rings. The van der Waals surface area contributed by atoms with E-state index >= 15 is 0 Å². The zero-order chi connectivity index (χ0) is 19.9. The van der Waals surface area contributed by atoms with Crippen LogP contribution in [0.4, 0.5) is 0 Å². The van der Waals surface area contributed by atoms with Gasteiger partial charge in [0.1, 0.15) is 17.0 Å². The number of aromatic nitrogens is 3. The van der Waals surface area contributed by atoms with Crippen LogP contribution >= 0.6 is 0 Å². The van der Waals surface area contributed by atoms with Gasteiger partial charge in [-0.2, -0.15) is 0 Å². The summed E-state index contributed by atoms with van der Waals surface area (Å²) < 4.78 is 31.5. The third-order valence-corrected chi connectivity index (χ3v) is 6.11. The van der Waals surface area contributed by atoms with Gasteiger partial charge in [0.05, 0.1) is 9.79 Å². The number of rotatable bonds is 4. The van der Waals surface area contributed by atoms with E-state index in [4.69, 9.17) is 4.42 Å². The molecule has 0 radical (unpaired) electrons. The minimum atomic E-state index is -3.75. The molecule has 7 nitrogen and oxygen atoms in total. The van der Waals surface area contributed by atoms with Crippen molar-refractivity contribution in [1.82, 2.24) is 15.0 Å². The van der Waals surface area contributed by atoms with E-state index < -0.39 is 9.84 Å². The summed E-state index contributed by atoms with van der Waals surface area (Å²) in [6.45, 7) is 3.64. The Labute approximate surface area is 161 Å². The van der Waals surface area contributed by atoms with Crippen molar-refractivity contribution < 1.29 is 17.9 Å². The summed E-state index contributed by atoms with van der Waals surface area (Å²) in [5, 5.41) is 10.9. The lowest BCUT2D eigenvalue weighted by molar-refractivity contribution is 0.456. The Morgan fingerprint density at radius 2 is 2.04 bits per heavy atom. The number of allylic oxidation sites excluding steroid dienone is 1. The van der Waals surface area contributed by atoms with Gasteiger partial charge in [0.25, 0.3) is 0 Å². The molecule has 0 aliphatic heterocycles. The zero-order valence-corrected chi connectivity index (χ0v) is 16.0. The van der Waals surface area contributed by atoms with Crippen molar-refractivity contribution in [3.05, 3.63) is 60.3 Å². The number of pyridine rings is 1. The molecule has 8 heteroatoms. The largest absolute Gasteiger partial charge is 0.494 e. The highest BCUT2D eigenvalue weighted by atomic mass is 32.2. The van der Waals surface area contributed by atoms with Gasteiger partial charge in [0.2, 0.25) is 21.6 Å². The Bertz CT molecular complexity index is 1300. The monoisotopic (exact) mass is 395 g/mol. The lowest BCUT2D eigenvalue weighted by Gasteiger charge is -2.04. The van der Waals surface area contributed by atoms with Crippen LogP contribution in [0, 0.1) is 6.92 Å². The van der Waals surface area contributed by atoms with Crippen LogP contribution < -0.4 is 0 Å². The van der Waals surface area contributed by atoms with E-state index in [-0.39, 0.29) is 21.6 Å². The second kappa shape index (κ2) is 6.65. The molecule has 0 atom stereocenters. The Morgan fingerprint density at radius 3 is 2.75 bits per heavy atom. The van der Waals surface area contributed by atoms with E-state index in [2.05, 4.69) is 15.0 Å². The standard InChI is InChI=1S/C20H17N3O4S/c1-3-5-16-12(2)27-20(23-16)18-15-10-13(7-8-17(15)22-19(18)24)28(25,26)14-6-4-9-21-11-14/h3-11,22,24H,1-2H3/b5-3-. The fourth-order valence-corrected chi connectivity index (χ4v) is 4.26. The first kappa shape index (κ1) is 18.0. The van der Waals surface area contributed by atoms with Crippen LogP contribution in [-0.2, 0) is 9.84 Å². The molecular formula is C20H17N3O4S. The highest BCUT2D eigenvalue weighted by Gasteiger charge is 2.23. The normalized spacial score (nSPS) is 12.2. The SMILES string of the molecule is C/C=C\c1nc(-c2c(O)[nH]c3ccc(S(=O)(=O)c4cccnc4)cc23)oc1C. The summed E-state index contributed by atoms with van der Waals surface area (Å²) in [4.78, 5) is 11.3. The van der Waals surface area contributed by atoms with Crippen molar-refractivity contribution >= 4 is 26.8 Å². The number of aromatic amines is 1. The predicted molar refractivity (Wildman–Crippen MR) is 105 cm³/mol. The van der Waals surface area contributed by atoms with Gasteiger partial charge in [0, 0.05) is 23.3 Å². The molecule has 4 rings (SSSR count). The lowest BCUT2D eigenvalue weighted by atomic mass is 10.1. The van der Waals surface area contributed by atoms with Crippen LogP contribution in [0.25, 0.3) is 28.4 Å². The smallest absolute Gasteiger partial charge is 0.232 e. The van der Waals surface area contributed by atoms with Crippen LogP contribution in [0.3, 0.4) is 0 Å². The molecule has 142 valence electrons. The number of aromatic hydroxyl groups is 1. The highest BCUT2D eigenvalue weighted by Crippen LogP contribution is 2.38. The van der Waals surface area contributed by atoms with E-state index in [0.29, 0.717) is 27.9 Å². The summed E-state index contributed by atoms with van der Waals surface area (Å²) in [5.74, 6) is 0.672. The van der Waals surface area contributed by atoms with Gasteiger partial charge in [-0.25, -0.2) is 13.4 Å². The fourth-order valence-electron chi connectivity index (χ4n) is 3.01. The summed E-state index contributed by atoms with van der Waals surface area (Å²) in [7, 11) is -3.75. The summed E-state index contributed by atoms with van der Waals surface area (Å²) >= 11 is 0. The molecule has 0 bridgehead atoms. The zero-order valence-electron chi connectivity index (χ0n) is 15.2. The van der Waals surface area contributed by atoms with Gasteiger partial charge in [-0.3, -0.25) is 4.98 Å². The third kappa shape index (κ3) is 2.87. The second-order valence-electron chi connectivity index (χ2n) is 6.21. The number of sulfone groups is 1. The number of fused-ring (bicyclic) bond motifs is 1. The summed E-state index contributed by atoms with van der Waals surface area (Å²) in [6, 6.07) is 7.64. The molecule has 0 spiro atoms. The van der Waals surface area contributed by atoms with Crippen LogP contribution in [0.1, 0.15) is 18.4 Å². The van der Waals surface area contributed by atoms with Crippen molar-refractivity contribution in [3.63, 3.8) is 0 Å². The highest BCUT2D eigenvalue weighted by molar-refractivity contribution is 7.91. The number of nitrogens with one attached hydrogen (secondary N) is 1. The van der Waals surface area contributed by atoms with Gasteiger partial charge in [-0.15, -0.1) is 0 Å². The first-order valence-corrected chi connectivity index (χ1v) is 10.0. The molecule has 1 aromatic carbocycles. The van der Waals surface area contributed by atoms with E-state index in [0.717, 1.165) is 0 Å². The summed E-state index contributed by atoms with van der Waals surface area (Å²) in [6.07, 6.45) is 6.45. The van der Waals surface area contributed by atoms with Crippen LogP contribution in [0.5, 0.6) is 5.88 Å². The van der Waals surface area contributed by atoms with Gasteiger partial charge in [-0.05, 0) is 50.3 Å². The van der Waals surface area contributed by atoms with Crippen LogP contribution in [0.15, 0.2) is 63.0 Å². The predicted octanol–water partition coefficient (Wildman–Crippen LogP) is 4.10. The van der Waals surface area contributed by atoms with Gasteiger partial charge in [0.15, 0.2) is 0 Å². The molecule has 3 heterocycles. The Kier molecular flexibility index (Phi) is 4.27. The van der Waals surface area contributed by atoms with Crippen molar-refractivity contribution in [2.24, 2.45) is 0 Å². The molecule has 28 heavy (non-hydrogen) atoms. The average Bonchev–Trinajstić information content (AvgIpc) is 3.20. The molecule has 0 fully saturated rings. The van der Waals surface area contributed by atoms with Crippen molar-refractivity contribution in [2.45, 2.75) is 23.6 Å². The van der Waals surface area contributed by atoms with E-state index in [1.54, 1.807) is 25.1 Å². The Balaban J connectivity index is 1.91. The first-order chi connectivity index (χ1) is 13.4. The quantitative estimate of drug-likeness (QED) is 0.538. The minimum absolute atomic E-state index is 0.0882. The van der Waals surface area contributed by atoms with Gasteiger partial charge >= 0.3 is 0 Å². The average molecular weight is 395 g/mol. The Hall–Kier alpha value is -3.39. The molecular weight excluding hydrogens is 378 g/mol. The number of benzene rings is 1. The Morgan fingerprint density at radius 1 is 1.21 bits per heavy atom. The van der Waals surface area contributed by atoms with Crippen LogP contribution in [0.2, 0.25) is 0 Å². The van der Waals surface area contributed by atoms with E-state index in [1.807, 2.05) is 13.0 Å². The number of hydrogen-bond acceptors (Lipinski definition) is 6. The first-order valence-electron chi connectivity index (χ1n) is 8.52. The third-order valence-electron chi connectivity index (χ3n) is 4.38. The maximum Gasteiger partial charge on any atom is 0.232 e. The van der Waals surface area contributed by atoms with E-state index in [1.165, 1.54) is 30.6 Å². The fraction of sp³-hybridized carbons (Fsp3) is 0.100. The number of H-pyrrole nitrogens is 1.